The Hall–Kier alpha value is -2.02. The molecule has 0 saturated carbocycles. The van der Waals surface area contributed by atoms with Crippen LogP contribution < -0.4 is 14.9 Å². The third kappa shape index (κ3) is 12.0. The van der Waals surface area contributed by atoms with Gasteiger partial charge in [0.05, 0.1) is 20.3 Å². The maximum Gasteiger partial charge on any atom is 0.300 e. The number of H-pyrrole nitrogens is 1. The van der Waals surface area contributed by atoms with Gasteiger partial charge in [0, 0.05) is 25.3 Å². The summed E-state index contributed by atoms with van der Waals surface area (Å²) in [4.78, 5) is 24.7. The number of carboxylic acid groups (broad SMARTS) is 1. The monoisotopic (exact) mass is 497 g/mol. The number of rotatable bonds is 15. The van der Waals surface area contributed by atoms with E-state index in [1.807, 2.05) is 14.0 Å². The van der Waals surface area contributed by atoms with Crippen LogP contribution in [0.2, 0.25) is 0 Å². The molecule has 0 aliphatic heterocycles. The first-order valence-electron chi connectivity index (χ1n) is 13.0. The van der Waals surface area contributed by atoms with Gasteiger partial charge in [0.1, 0.15) is 0 Å². The first kappa shape index (κ1) is 33.0. The number of methoxy groups -OCH3 is 3. The maximum absolute atomic E-state index is 12.5. The molecule has 7 heteroatoms. The zero-order chi connectivity index (χ0) is 27.1. The van der Waals surface area contributed by atoms with Crippen molar-refractivity contribution in [1.29, 1.82) is 0 Å². The van der Waals surface area contributed by atoms with Crippen LogP contribution in [0.5, 0.6) is 11.6 Å². The Morgan fingerprint density at radius 2 is 1.54 bits per heavy atom. The third-order valence-electron chi connectivity index (χ3n) is 6.97. The van der Waals surface area contributed by atoms with E-state index in [9.17, 15) is 4.79 Å². The average Bonchev–Trinajstić information content (AvgIpc) is 2.79. The second-order valence-corrected chi connectivity index (χ2v) is 10.1. The summed E-state index contributed by atoms with van der Waals surface area (Å²) in [5.41, 5.74) is 1.59. The summed E-state index contributed by atoms with van der Waals surface area (Å²) in [6.45, 7) is 14.5. The van der Waals surface area contributed by atoms with E-state index >= 15 is 0 Å². The van der Waals surface area contributed by atoms with Gasteiger partial charge in [-0.3, -0.25) is 9.59 Å². The van der Waals surface area contributed by atoms with E-state index in [4.69, 9.17) is 24.1 Å². The summed E-state index contributed by atoms with van der Waals surface area (Å²) in [7, 11) is 4.90. The SMILES string of the molecule is CC(=O)O.CCC(C)C(OC)C(C)CC(C)CCCC(C)CCc1[nH]c(OC)c(OC)c(=O)c1C. The van der Waals surface area contributed by atoms with E-state index in [0.717, 1.165) is 31.0 Å². The Morgan fingerprint density at radius 1 is 0.971 bits per heavy atom. The minimum atomic E-state index is -0.833. The van der Waals surface area contributed by atoms with Gasteiger partial charge in [-0.15, -0.1) is 0 Å². The molecule has 1 rings (SSSR count). The fourth-order valence-electron chi connectivity index (χ4n) is 4.77. The summed E-state index contributed by atoms with van der Waals surface area (Å²) in [5.74, 6) is 2.37. The first-order valence-corrected chi connectivity index (χ1v) is 13.0. The molecule has 0 spiro atoms. The standard InChI is InChI=1S/C26H47NO4.C2H4O2/c1-10-19(4)24(29-7)20(5)16-18(3)13-11-12-17(2)14-15-22-21(6)23(28)25(30-8)26(27-22)31-9;1-2(3)4/h17-20,24H,10-16H2,1-9H3,(H,27,28);1H3,(H,3,4). The molecule has 204 valence electrons. The van der Waals surface area contributed by atoms with E-state index in [1.165, 1.54) is 39.2 Å². The number of ether oxygens (including phenoxy) is 3. The molecule has 35 heavy (non-hydrogen) atoms. The Kier molecular flexibility index (Phi) is 16.4. The van der Waals surface area contributed by atoms with Crippen molar-refractivity contribution in [2.24, 2.45) is 23.7 Å². The smallest absolute Gasteiger partial charge is 0.300 e. The molecular weight excluding hydrogens is 446 g/mol. The highest BCUT2D eigenvalue weighted by atomic mass is 16.5. The number of hydrogen-bond donors (Lipinski definition) is 2. The molecule has 0 aliphatic carbocycles. The summed E-state index contributed by atoms with van der Waals surface area (Å²) < 4.78 is 16.3. The fraction of sp³-hybridized carbons (Fsp3) is 0.786. The normalized spacial score (nSPS) is 15.3. The minimum absolute atomic E-state index is 0.0875. The number of nitrogens with one attached hydrogen (secondary N) is 1. The van der Waals surface area contributed by atoms with E-state index in [2.05, 4.69) is 39.6 Å². The van der Waals surface area contributed by atoms with Gasteiger partial charge in [0.25, 0.3) is 5.97 Å². The Morgan fingerprint density at radius 3 is 2.03 bits per heavy atom. The van der Waals surface area contributed by atoms with Crippen molar-refractivity contribution in [1.82, 2.24) is 4.98 Å². The predicted molar refractivity (Wildman–Crippen MR) is 143 cm³/mol. The quantitative estimate of drug-likeness (QED) is 0.297. The highest BCUT2D eigenvalue weighted by Gasteiger charge is 2.23. The molecule has 5 atom stereocenters. The molecule has 0 amide bonds. The molecule has 2 N–H and O–H groups in total. The van der Waals surface area contributed by atoms with Crippen molar-refractivity contribution in [3.05, 3.63) is 21.5 Å². The molecule has 0 aromatic carbocycles. The molecule has 0 fully saturated rings. The average molecular weight is 498 g/mol. The van der Waals surface area contributed by atoms with Gasteiger partial charge in [-0.05, 0) is 49.9 Å². The van der Waals surface area contributed by atoms with Crippen LogP contribution in [0.25, 0.3) is 0 Å². The van der Waals surface area contributed by atoms with Gasteiger partial charge in [-0.2, -0.15) is 0 Å². The molecule has 1 heterocycles. The number of aromatic nitrogens is 1. The van der Waals surface area contributed by atoms with Gasteiger partial charge in [0.2, 0.25) is 17.1 Å². The van der Waals surface area contributed by atoms with E-state index in [-0.39, 0.29) is 11.2 Å². The topological polar surface area (TPSA) is 97.8 Å². The van der Waals surface area contributed by atoms with Gasteiger partial charge < -0.3 is 24.3 Å². The van der Waals surface area contributed by atoms with Crippen molar-refractivity contribution in [3.63, 3.8) is 0 Å². The summed E-state index contributed by atoms with van der Waals surface area (Å²) in [6, 6.07) is 0. The first-order chi connectivity index (χ1) is 16.4. The molecular formula is C28H51NO6. The molecule has 5 unspecified atom stereocenters. The Bertz CT molecular complexity index is 786. The lowest BCUT2D eigenvalue weighted by molar-refractivity contribution is -0.134. The van der Waals surface area contributed by atoms with Gasteiger partial charge >= 0.3 is 0 Å². The molecule has 0 bridgehead atoms. The third-order valence-corrected chi connectivity index (χ3v) is 6.97. The highest BCUT2D eigenvalue weighted by Crippen LogP contribution is 2.28. The van der Waals surface area contributed by atoms with Gasteiger partial charge in [-0.1, -0.05) is 60.3 Å². The zero-order valence-electron chi connectivity index (χ0n) is 23.8. The Labute approximate surface area is 213 Å². The van der Waals surface area contributed by atoms with Crippen molar-refractivity contribution < 1.29 is 24.1 Å². The van der Waals surface area contributed by atoms with Crippen LogP contribution in [0.15, 0.2) is 4.79 Å². The van der Waals surface area contributed by atoms with E-state index < -0.39 is 5.97 Å². The van der Waals surface area contributed by atoms with Gasteiger partial charge in [-0.25, -0.2) is 0 Å². The second kappa shape index (κ2) is 17.4. The molecule has 0 radical (unpaired) electrons. The minimum Gasteiger partial charge on any atom is -0.488 e. The summed E-state index contributed by atoms with van der Waals surface area (Å²) in [6.07, 6.45) is 8.38. The van der Waals surface area contributed by atoms with Crippen LogP contribution in [0.4, 0.5) is 0 Å². The number of carboxylic acids is 1. The molecule has 1 aromatic heterocycles. The lowest BCUT2D eigenvalue weighted by atomic mass is 9.83. The predicted octanol–water partition coefficient (Wildman–Crippen LogP) is 6.25. The molecule has 7 nitrogen and oxygen atoms in total. The van der Waals surface area contributed by atoms with Crippen molar-refractivity contribution >= 4 is 5.97 Å². The number of aryl methyl sites for hydroxylation is 1. The lowest BCUT2D eigenvalue weighted by Gasteiger charge is -2.29. The van der Waals surface area contributed by atoms with Crippen molar-refractivity contribution in [2.75, 3.05) is 21.3 Å². The number of aromatic amines is 1. The van der Waals surface area contributed by atoms with Crippen LogP contribution >= 0.6 is 0 Å². The molecule has 0 saturated heterocycles. The largest absolute Gasteiger partial charge is 0.488 e. The second-order valence-electron chi connectivity index (χ2n) is 10.1. The van der Waals surface area contributed by atoms with Crippen molar-refractivity contribution in [2.45, 2.75) is 99.5 Å². The number of aliphatic carboxylic acids is 1. The van der Waals surface area contributed by atoms with Crippen LogP contribution in [-0.2, 0) is 16.0 Å². The number of hydrogen-bond acceptors (Lipinski definition) is 5. The lowest BCUT2D eigenvalue weighted by Crippen LogP contribution is -2.28. The zero-order valence-corrected chi connectivity index (χ0v) is 23.8. The van der Waals surface area contributed by atoms with E-state index in [1.54, 1.807) is 7.11 Å². The maximum atomic E-state index is 12.5. The molecule has 0 aliphatic rings. The van der Waals surface area contributed by atoms with E-state index in [0.29, 0.717) is 35.7 Å². The van der Waals surface area contributed by atoms with Crippen LogP contribution in [-0.4, -0.2) is 43.5 Å². The van der Waals surface area contributed by atoms with Crippen LogP contribution in [0.1, 0.15) is 91.3 Å². The fourth-order valence-corrected chi connectivity index (χ4v) is 4.77. The van der Waals surface area contributed by atoms with Crippen LogP contribution in [0.3, 0.4) is 0 Å². The summed E-state index contributed by atoms with van der Waals surface area (Å²) in [5, 5.41) is 7.42. The van der Waals surface area contributed by atoms with Gasteiger partial charge in [0.15, 0.2) is 0 Å². The summed E-state index contributed by atoms with van der Waals surface area (Å²) >= 11 is 0. The number of pyridine rings is 1. The van der Waals surface area contributed by atoms with Crippen molar-refractivity contribution in [3.8, 4) is 11.6 Å². The highest BCUT2D eigenvalue weighted by molar-refractivity contribution is 5.62. The van der Waals surface area contributed by atoms with Crippen LogP contribution in [0, 0.1) is 30.6 Å². The molecule has 1 aromatic rings. The number of carbonyl (C=O) groups is 1. The Balaban J connectivity index is 0.00000267.